The standard InChI is InChI=1S/C10H22N4/c1-4-14(7-8(2)3)10(13-11)12-9-5-6-9/h8-9H,4-7,11H2,1-3H3,(H,12,13). The van der Waals surface area contributed by atoms with Crippen molar-refractivity contribution in [3.05, 3.63) is 0 Å². The molecule has 14 heavy (non-hydrogen) atoms. The first kappa shape index (κ1) is 11.3. The van der Waals surface area contributed by atoms with Gasteiger partial charge >= 0.3 is 0 Å². The molecule has 1 saturated carbocycles. The van der Waals surface area contributed by atoms with Crippen molar-refractivity contribution in [2.24, 2.45) is 16.8 Å². The lowest BCUT2D eigenvalue weighted by atomic mass is 10.2. The van der Waals surface area contributed by atoms with Crippen molar-refractivity contribution in [1.29, 1.82) is 0 Å². The number of hydrogen-bond donors (Lipinski definition) is 2. The maximum absolute atomic E-state index is 5.48. The lowest BCUT2D eigenvalue weighted by molar-refractivity contribution is 0.368. The molecule has 0 heterocycles. The smallest absolute Gasteiger partial charge is 0.208 e. The highest BCUT2D eigenvalue weighted by atomic mass is 15.4. The second kappa shape index (κ2) is 5.20. The topological polar surface area (TPSA) is 53.6 Å². The fraction of sp³-hybridized carbons (Fsp3) is 0.900. The van der Waals surface area contributed by atoms with Gasteiger partial charge in [0.05, 0.1) is 6.04 Å². The van der Waals surface area contributed by atoms with Crippen LogP contribution in [0.15, 0.2) is 4.99 Å². The van der Waals surface area contributed by atoms with E-state index in [1.54, 1.807) is 0 Å². The second-order valence-electron chi connectivity index (χ2n) is 4.26. The van der Waals surface area contributed by atoms with Crippen molar-refractivity contribution in [2.75, 3.05) is 13.1 Å². The third-order valence-corrected chi connectivity index (χ3v) is 2.25. The molecule has 0 spiro atoms. The molecule has 0 aromatic heterocycles. The molecule has 0 radical (unpaired) electrons. The van der Waals surface area contributed by atoms with Gasteiger partial charge < -0.3 is 4.90 Å². The Hall–Kier alpha value is -0.770. The van der Waals surface area contributed by atoms with E-state index in [0.717, 1.165) is 19.0 Å². The van der Waals surface area contributed by atoms with Crippen molar-refractivity contribution in [2.45, 2.75) is 39.7 Å². The van der Waals surface area contributed by atoms with Gasteiger partial charge in [-0.2, -0.15) is 0 Å². The maximum atomic E-state index is 5.48. The van der Waals surface area contributed by atoms with Gasteiger partial charge in [-0.25, -0.2) is 10.8 Å². The minimum absolute atomic E-state index is 0.516. The number of nitrogens with one attached hydrogen (secondary N) is 1. The molecule has 0 unspecified atom stereocenters. The number of nitrogens with zero attached hydrogens (tertiary/aromatic N) is 2. The van der Waals surface area contributed by atoms with Crippen LogP contribution in [0, 0.1) is 5.92 Å². The summed E-state index contributed by atoms with van der Waals surface area (Å²) in [4.78, 5) is 6.73. The van der Waals surface area contributed by atoms with Gasteiger partial charge in [-0.3, -0.25) is 5.43 Å². The molecule has 3 N–H and O–H groups in total. The molecule has 1 aliphatic carbocycles. The van der Waals surface area contributed by atoms with Gasteiger partial charge in [0.15, 0.2) is 0 Å². The SMILES string of the molecule is CCN(CC(C)C)C(=NC1CC1)NN. The Balaban J connectivity index is 2.53. The largest absolute Gasteiger partial charge is 0.342 e. The minimum Gasteiger partial charge on any atom is -0.342 e. The van der Waals surface area contributed by atoms with Gasteiger partial charge in [-0.05, 0) is 25.7 Å². The molecule has 0 aromatic rings. The highest BCUT2D eigenvalue weighted by Crippen LogP contribution is 2.23. The second-order valence-corrected chi connectivity index (χ2v) is 4.26. The third kappa shape index (κ3) is 3.54. The number of guanidine groups is 1. The Kier molecular flexibility index (Phi) is 4.20. The quantitative estimate of drug-likeness (QED) is 0.306. The average molecular weight is 198 g/mol. The molecule has 1 aliphatic rings. The van der Waals surface area contributed by atoms with Crippen LogP contribution >= 0.6 is 0 Å². The molecule has 0 saturated heterocycles. The molecule has 0 amide bonds. The minimum atomic E-state index is 0.516. The number of hydrazine groups is 1. The van der Waals surface area contributed by atoms with Gasteiger partial charge in [-0.1, -0.05) is 13.8 Å². The molecule has 1 fully saturated rings. The van der Waals surface area contributed by atoms with Crippen molar-refractivity contribution in [1.82, 2.24) is 10.3 Å². The van der Waals surface area contributed by atoms with Crippen molar-refractivity contribution in [3.8, 4) is 0 Å². The lowest BCUT2D eigenvalue weighted by Crippen LogP contribution is -2.46. The summed E-state index contributed by atoms with van der Waals surface area (Å²) < 4.78 is 0. The number of nitrogens with two attached hydrogens (primary N) is 1. The Morgan fingerprint density at radius 1 is 1.57 bits per heavy atom. The van der Waals surface area contributed by atoms with Crippen LogP contribution in [0.3, 0.4) is 0 Å². The molecule has 0 atom stereocenters. The van der Waals surface area contributed by atoms with Crippen LogP contribution in [0.2, 0.25) is 0 Å². The number of aliphatic imine (C=N–C) groups is 1. The van der Waals surface area contributed by atoms with E-state index in [4.69, 9.17) is 5.84 Å². The molecule has 0 aliphatic heterocycles. The van der Waals surface area contributed by atoms with Crippen LogP contribution in [0.25, 0.3) is 0 Å². The van der Waals surface area contributed by atoms with E-state index in [-0.39, 0.29) is 0 Å². The fourth-order valence-electron chi connectivity index (χ4n) is 1.39. The lowest BCUT2D eigenvalue weighted by Gasteiger charge is -2.25. The van der Waals surface area contributed by atoms with Gasteiger partial charge in [0.25, 0.3) is 0 Å². The summed E-state index contributed by atoms with van der Waals surface area (Å²) >= 11 is 0. The number of hydrogen-bond acceptors (Lipinski definition) is 2. The first-order valence-electron chi connectivity index (χ1n) is 5.46. The average Bonchev–Trinajstić information content (AvgIpc) is 2.94. The molecular formula is C10H22N4. The zero-order chi connectivity index (χ0) is 10.6. The first-order valence-corrected chi connectivity index (χ1v) is 5.46. The van der Waals surface area contributed by atoms with Gasteiger partial charge in [-0.15, -0.1) is 0 Å². The van der Waals surface area contributed by atoms with Gasteiger partial charge in [0, 0.05) is 13.1 Å². The van der Waals surface area contributed by atoms with Crippen molar-refractivity contribution < 1.29 is 0 Å². The zero-order valence-corrected chi connectivity index (χ0v) is 9.45. The molecular weight excluding hydrogens is 176 g/mol. The van der Waals surface area contributed by atoms with E-state index in [1.165, 1.54) is 12.8 Å². The van der Waals surface area contributed by atoms with E-state index in [1.807, 2.05) is 0 Å². The predicted molar refractivity (Wildman–Crippen MR) is 59.9 cm³/mol. The van der Waals surface area contributed by atoms with Crippen LogP contribution in [0.5, 0.6) is 0 Å². The summed E-state index contributed by atoms with van der Waals surface area (Å²) in [6, 6.07) is 0.516. The fourth-order valence-corrected chi connectivity index (χ4v) is 1.39. The van der Waals surface area contributed by atoms with E-state index in [2.05, 4.69) is 36.1 Å². The Morgan fingerprint density at radius 3 is 2.57 bits per heavy atom. The van der Waals surface area contributed by atoms with Gasteiger partial charge in [0.2, 0.25) is 5.96 Å². The predicted octanol–water partition coefficient (Wildman–Crippen LogP) is 0.946. The van der Waals surface area contributed by atoms with Crippen LogP contribution in [0.4, 0.5) is 0 Å². The van der Waals surface area contributed by atoms with E-state index in [9.17, 15) is 0 Å². The Morgan fingerprint density at radius 2 is 2.21 bits per heavy atom. The van der Waals surface area contributed by atoms with Gasteiger partial charge in [0.1, 0.15) is 0 Å². The molecule has 0 bridgehead atoms. The van der Waals surface area contributed by atoms with Crippen LogP contribution in [-0.4, -0.2) is 30.0 Å². The van der Waals surface area contributed by atoms with E-state index >= 15 is 0 Å². The molecule has 0 aromatic carbocycles. The van der Waals surface area contributed by atoms with Crippen LogP contribution in [0.1, 0.15) is 33.6 Å². The maximum Gasteiger partial charge on any atom is 0.208 e. The normalized spacial score (nSPS) is 17.4. The van der Waals surface area contributed by atoms with Crippen molar-refractivity contribution in [3.63, 3.8) is 0 Å². The van der Waals surface area contributed by atoms with E-state index < -0.39 is 0 Å². The third-order valence-electron chi connectivity index (χ3n) is 2.25. The summed E-state index contributed by atoms with van der Waals surface area (Å²) in [7, 11) is 0. The molecule has 82 valence electrons. The monoisotopic (exact) mass is 198 g/mol. The summed E-state index contributed by atoms with van der Waals surface area (Å²) in [5.41, 5.74) is 2.71. The molecule has 1 rings (SSSR count). The Bertz CT molecular complexity index is 196. The first-order chi connectivity index (χ1) is 6.67. The zero-order valence-electron chi connectivity index (χ0n) is 9.45. The Labute approximate surface area is 86.5 Å². The molecule has 4 heteroatoms. The molecule has 4 nitrogen and oxygen atoms in total. The summed E-state index contributed by atoms with van der Waals surface area (Å²) in [5.74, 6) is 6.96. The van der Waals surface area contributed by atoms with E-state index in [0.29, 0.717) is 12.0 Å². The van der Waals surface area contributed by atoms with Crippen molar-refractivity contribution >= 4 is 5.96 Å². The summed E-state index contributed by atoms with van der Waals surface area (Å²) in [6.07, 6.45) is 2.43. The highest BCUT2D eigenvalue weighted by Gasteiger charge is 2.22. The highest BCUT2D eigenvalue weighted by molar-refractivity contribution is 5.79. The number of rotatable bonds is 4. The summed E-state index contributed by atoms with van der Waals surface area (Å²) in [5, 5.41) is 0. The van der Waals surface area contributed by atoms with Crippen LogP contribution < -0.4 is 11.3 Å². The summed E-state index contributed by atoms with van der Waals surface area (Å²) in [6.45, 7) is 8.49. The van der Waals surface area contributed by atoms with Crippen LogP contribution in [-0.2, 0) is 0 Å².